The third kappa shape index (κ3) is 6.09. The fourth-order valence-electron chi connectivity index (χ4n) is 2.46. The number of nitrogens with zero attached hydrogens (tertiary/aromatic N) is 1. The van der Waals surface area contributed by atoms with E-state index >= 15 is 0 Å². The van der Waals surface area contributed by atoms with Crippen LogP contribution in [0.3, 0.4) is 0 Å². The number of ether oxygens (including phenoxy) is 2. The predicted octanol–water partition coefficient (Wildman–Crippen LogP) is 4.50. The van der Waals surface area contributed by atoms with Gasteiger partial charge >= 0.3 is 5.97 Å². The first-order valence-electron chi connectivity index (χ1n) is 8.86. The van der Waals surface area contributed by atoms with Crippen molar-refractivity contribution in [2.24, 2.45) is 0 Å². The molecule has 2 aromatic carbocycles. The van der Waals surface area contributed by atoms with Gasteiger partial charge in [0.15, 0.2) is 11.5 Å². The second-order valence-corrected chi connectivity index (χ2v) is 7.03. The summed E-state index contributed by atoms with van der Waals surface area (Å²) >= 11 is 2.09. The minimum Gasteiger partial charge on any atom is -0.490 e. The van der Waals surface area contributed by atoms with Crippen LogP contribution in [0.2, 0.25) is 0 Å². The Kier molecular flexibility index (Phi) is 8.43. The Bertz CT molecular complexity index is 1040. The molecule has 0 saturated heterocycles. The van der Waals surface area contributed by atoms with Gasteiger partial charge < -0.3 is 19.9 Å². The van der Waals surface area contributed by atoms with Gasteiger partial charge in [0.05, 0.1) is 15.7 Å². The lowest BCUT2D eigenvalue weighted by molar-refractivity contribution is -0.112. The van der Waals surface area contributed by atoms with E-state index in [0.717, 1.165) is 3.57 Å². The van der Waals surface area contributed by atoms with Gasteiger partial charge in [-0.1, -0.05) is 18.7 Å². The molecule has 0 aliphatic rings. The predicted molar refractivity (Wildman–Crippen MR) is 122 cm³/mol. The lowest BCUT2D eigenvalue weighted by atomic mass is 10.1. The highest BCUT2D eigenvalue weighted by Gasteiger charge is 2.15. The molecule has 8 heteroatoms. The zero-order valence-corrected chi connectivity index (χ0v) is 18.3. The number of benzene rings is 2. The highest BCUT2D eigenvalue weighted by molar-refractivity contribution is 14.1. The number of amides is 1. The van der Waals surface area contributed by atoms with Crippen molar-refractivity contribution < 1.29 is 24.2 Å². The number of anilines is 1. The average Bonchev–Trinajstić information content (AvgIpc) is 2.71. The first kappa shape index (κ1) is 23.0. The Morgan fingerprint density at radius 2 is 2.07 bits per heavy atom. The van der Waals surface area contributed by atoms with Crippen molar-refractivity contribution in [2.75, 3.05) is 18.5 Å². The number of halogens is 1. The summed E-state index contributed by atoms with van der Waals surface area (Å²) in [5.74, 6) is -0.716. The maximum absolute atomic E-state index is 12.5. The van der Waals surface area contributed by atoms with Crippen molar-refractivity contribution in [3.8, 4) is 17.6 Å². The van der Waals surface area contributed by atoms with Gasteiger partial charge in [-0.05, 0) is 71.5 Å². The molecule has 154 valence electrons. The summed E-state index contributed by atoms with van der Waals surface area (Å²) in [5, 5.41) is 21.1. The van der Waals surface area contributed by atoms with Gasteiger partial charge in [0.25, 0.3) is 5.91 Å². The molecule has 0 radical (unpaired) electrons. The lowest BCUT2D eigenvalue weighted by Crippen LogP contribution is -2.14. The van der Waals surface area contributed by atoms with Crippen LogP contribution in [-0.4, -0.2) is 30.2 Å². The third-order valence-electron chi connectivity index (χ3n) is 3.72. The number of carbonyl (C=O) groups excluding carboxylic acids is 1. The quantitative estimate of drug-likeness (QED) is 0.219. The number of carboxylic acids is 1. The Balaban J connectivity index is 2.33. The summed E-state index contributed by atoms with van der Waals surface area (Å²) in [6, 6.07) is 11.1. The van der Waals surface area contributed by atoms with Crippen LogP contribution >= 0.6 is 22.6 Å². The molecule has 7 nitrogen and oxygen atoms in total. The summed E-state index contributed by atoms with van der Waals surface area (Å²) < 4.78 is 12.0. The van der Waals surface area contributed by atoms with Gasteiger partial charge in [-0.15, -0.1) is 0 Å². The van der Waals surface area contributed by atoms with Crippen molar-refractivity contribution in [3.05, 3.63) is 69.3 Å². The van der Waals surface area contributed by atoms with E-state index in [-0.39, 0.29) is 16.8 Å². The molecule has 0 spiro atoms. The second-order valence-electron chi connectivity index (χ2n) is 5.87. The smallest absolute Gasteiger partial charge is 0.335 e. The van der Waals surface area contributed by atoms with Crippen molar-refractivity contribution in [2.45, 2.75) is 6.92 Å². The van der Waals surface area contributed by atoms with E-state index in [0.29, 0.717) is 30.3 Å². The van der Waals surface area contributed by atoms with Crippen molar-refractivity contribution in [1.82, 2.24) is 0 Å². The van der Waals surface area contributed by atoms with E-state index in [2.05, 4.69) is 34.5 Å². The van der Waals surface area contributed by atoms with Crippen LogP contribution in [0.25, 0.3) is 6.08 Å². The molecule has 0 heterocycles. The van der Waals surface area contributed by atoms with Gasteiger partial charge in [-0.25, -0.2) is 4.79 Å². The number of hydrogen-bond acceptors (Lipinski definition) is 5. The molecule has 2 aromatic rings. The summed E-state index contributed by atoms with van der Waals surface area (Å²) in [4.78, 5) is 23.6. The fourth-order valence-corrected chi connectivity index (χ4v) is 3.24. The number of aromatic carboxylic acids is 1. The van der Waals surface area contributed by atoms with E-state index in [9.17, 15) is 14.9 Å². The molecule has 0 aromatic heterocycles. The average molecular weight is 518 g/mol. The van der Waals surface area contributed by atoms with E-state index in [1.165, 1.54) is 24.3 Å². The van der Waals surface area contributed by atoms with Crippen LogP contribution in [0.15, 0.2) is 54.6 Å². The second kappa shape index (κ2) is 11.0. The molecule has 2 rings (SSSR count). The Morgan fingerprint density at radius 1 is 1.30 bits per heavy atom. The SMILES string of the molecule is C=CCOc1c(I)cc(/C=C(/C#N)C(=O)Nc2cccc(C(=O)O)c2)cc1OCC. The standard InChI is InChI=1S/C22H19IN2O5/c1-3-8-30-20-18(23)10-14(11-19(20)29-4-2)9-16(13-24)21(26)25-17-7-5-6-15(12-17)22(27)28/h3,5-7,9-12H,1,4,8H2,2H3,(H,25,26)(H,27,28)/b16-9-. The topological polar surface area (TPSA) is 109 Å². The first-order valence-corrected chi connectivity index (χ1v) is 9.94. The first-order chi connectivity index (χ1) is 14.4. The van der Waals surface area contributed by atoms with Crippen molar-refractivity contribution in [1.29, 1.82) is 5.26 Å². The van der Waals surface area contributed by atoms with Gasteiger partial charge in [0, 0.05) is 5.69 Å². The van der Waals surface area contributed by atoms with E-state index in [4.69, 9.17) is 14.6 Å². The molecular formula is C22H19IN2O5. The summed E-state index contributed by atoms with van der Waals surface area (Å²) in [5.41, 5.74) is 0.744. The normalized spacial score (nSPS) is 10.6. The number of carboxylic acid groups (broad SMARTS) is 1. The molecule has 0 aliphatic heterocycles. The number of hydrogen-bond donors (Lipinski definition) is 2. The monoisotopic (exact) mass is 518 g/mol. The van der Waals surface area contributed by atoms with Gasteiger partial charge in [-0.2, -0.15) is 5.26 Å². The minimum absolute atomic E-state index is 0.0290. The lowest BCUT2D eigenvalue weighted by Gasteiger charge is -2.14. The zero-order valence-electron chi connectivity index (χ0n) is 16.1. The maximum Gasteiger partial charge on any atom is 0.335 e. The summed E-state index contributed by atoms with van der Waals surface area (Å²) in [6.45, 7) is 6.19. The molecule has 0 bridgehead atoms. The minimum atomic E-state index is -1.11. The van der Waals surface area contributed by atoms with Crippen LogP contribution in [0.1, 0.15) is 22.8 Å². The molecule has 30 heavy (non-hydrogen) atoms. The number of rotatable bonds is 9. The van der Waals surface area contributed by atoms with E-state index < -0.39 is 11.9 Å². The van der Waals surface area contributed by atoms with Crippen molar-refractivity contribution in [3.63, 3.8) is 0 Å². The van der Waals surface area contributed by atoms with Crippen molar-refractivity contribution >= 4 is 46.2 Å². The molecule has 1 amide bonds. The number of carbonyl (C=O) groups is 2. The Labute approximate surface area is 187 Å². The van der Waals surface area contributed by atoms with Gasteiger partial charge in [0.2, 0.25) is 0 Å². The van der Waals surface area contributed by atoms with E-state index in [1.54, 1.807) is 24.3 Å². The highest BCUT2D eigenvalue weighted by atomic mass is 127. The molecule has 2 N–H and O–H groups in total. The molecule has 0 unspecified atom stereocenters. The Hall–Kier alpha value is -3.32. The summed E-state index contributed by atoms with van der Waals surface area (Å²) in [7, 11) is 0. The molecular weight excluding hydrogens is 499 g/mol. The molecule has 0 fully saturated rings. The van der Waals surface area contributed by atoms with Crippen LogP contribution in [0.4, 0.5) is 5.69 Å². The number of nitriles is 1. The van der Waals surface area contributed by atoms with Gasteiger partial charge in [0.1, 0.15) is 18.2 Å². The summed E-state index contributed by atoms with van der Waals surface area (Å²) in [6.07, 6.45) is 3.05. The van der Waals surface area contributed by atoms with Crippen LogP contribution in [0.5, 0.6) is 11.5 Å². The van der Waals surface area contributed by atoms with Crippen LogP contribution < -0.4 is 14.8 Å². The largest absolute Gasteiger partial charge is 0.490 e. The van der Waals surface area contributed by atoms with E-state index in [1.807, 2.05) is 13.0 Å². The third-order valence-corrected chi connectivity index (χ3v) is 4.52. The van der Waals surface area contributed by atoms with Crippen LogP contribution in [-0.2, 0) is 4.79 Å². The molecule has 0 atom stereocenters. The van der Waals surface area contributed by atoms with Gasteiger partial charge in [-0.3, -0.25) is 4.79 Å². The zero-order chi connectivity index (χ0) is 22.1. The molecule has 0 aliphatic carbocycles. The fraction of sp³-hybridized carbons (Fsp3) is 0.136. The highest BCUT2D eigenvalue weighted by Crippen LogP contribution is 2.35. The number of nitrogens with one attached hydrogen (secondary N) is 1. The Morgan fingerprint density at radius 3 is 2.70 bits per heavy atom. The maximum atomic E-state index is 12.5. The van der Waals surface area contributed by atoms with Crippen LogP contribution in [0, 0.1) is 14.9 Å². The molecule has 0 saturated carbocycles.